The molecule has 6 heteroatoms. The molecule has 0 saturated heterocycles. The summed E-state index contributed by atoms with van der Waals surface area (Å²) in [5.74, 6) is 1.48. The second kappa shape index (κ2) is 5.96. The highest BCUT2D eigenvalue weighted by Crippen LogP contribution is 2.38. The molecule has 0 atom stereocenters. The fraction of sp³-hybridized carbons (Fsp3) is 0.235. The number of Topliss-reactive ketones (excluding diaryl/α,β-unsaturated/α-hetero) is 1. The van der Waals surface area contributed by atoms with Gasteiger partial charge in [-0.3, -0.25) is 4.79 Å². The van der Waals surface area contributed by atoms with Crippen LogP contribution in [-0.2, 0) is 0 Å². The SMILES string of the molecule is COc1cc(C(C)=O)ccc1Oc1ncnc2sc(C)c(C)c12. The molecule has 0 radical (unpaired) electrons. The largest absolute Gasteiger partial charge is 0.493 e. The third-order valence-corrected chi connectivity index (χ3v) is 4.82. The van der Waals surface area contributed by atoms with Crippen LogP contribution in [0.15, 0.2) is 24.5 Å². The van der Waals surface area contributed by atoms with Crippen molar-refractivity contribution in [1.82, 2.24) is 9.97 Å². The van der Waals surface area contributed by atoms with Gasteiger partial charge in [-0.25, -0.2) is 9.97 Å². The van der Waals surface area contributed by atoms with Crippen LogP contribution >= 0.6 is 11.3 Å². The van der Waals surface area contributed by atoms with Gasteiger partial charge in [0.25, 0.3) is 0 Å². The van der Waals surface area contributed by atoms with Gasteiger partial charge >= 0.3 is 0 Å². The molecule has 3 rings (SSSR count). The molecule has 3 aromatic rings. The number of hydrogen-bond donors (Lipinski definition) is 0. The first-order chi connectivity index (χ1) is 11.0. The van der Waals surface area contributed by atoms with Crippen LogP contribution in [0.4, 0.5) is 0 Å². The third-order valence-electron chi connectivity index (χ3n) is 3.71. The van der Waals surface area contributed by atoms with Crippen molar-refractivity contribution in [1.29, 1.82) is 0 Å². The average Bonchev–Trinajstić information content (AvgIpc) is 2.83. The Kier molecular flexibility index (Phi) is 4.00. The number of hydrogen-bond acceptors (Lipinski definition) is 6. The second-order valence-corrected chi connectivity index (χ2v) is 6.37. The Labute approximate surface area is 137 Å². The number of aryl methyl sites for hydroxylation is 2. The number of rotatable bonds is 4. The summed E-state index contributed by atoms with van der Waals surface area (Å²) in [6, 6.07) is 5.10. The van der Waals surface area contributed by atoms with E-state index in [4.69, 9.17) is 9.47 Å². The van der Waals surface area contributed by atoms with Gasteiger partial charge in [0, 0.05) is 10.4 Å². The summed E-state index contributed by atoms with van der Waals surface area (Å²) >= 11 is 1.61. The molecule has 1 aromatic carbocycles. The summed E-state index contributed by atoms with van der Waals surface area (Å²) in [4.78, 5) is 22.1. The van der Waals surface area contributed by atoms with Crippen LogP contribution in [0.2, 0.25) is 0 Å². The molecule has 0 saturated carbocycles. The molecule has 118 valence electrons. The predicted octanol–water partition coefficient (Wildman–Crippen LogP) is 4.31. The monoisotopic (exact) mass is 328 g/mol. The summed E-state index contributed by atoms with van der Waals surface area (Å²) in [5, 5.41) is 0.910. The lowest BCUT2D eigenvalue weighted by Crippen LogP contribution is -1.97. The summed E-state index contributed by atoms with van der Waals surface area (Å²) < 4.78 is 11.3. The van der Waals surface area contributed by atoms with Crippen molar-refractivity contribution in [3.8, 4) is 17.4 Å². The molecule has 0 N–H and O–H groups in total. The Balaban J connectivity index is 2.07. The molecule has 0 aliphatic carbocycles. The van der Waals surface area contributed by atoms with Gasteiger partial charge in [-0.15, -0.1) is 11.3 Å². The van der Waals surface area contributed by atoms with Crippen molar-refractivity contribution >= 4 is 27.3 Å². The normalized spacial score (nSPS) is 10.8. The van der Waals surface area contributed by atoms with Crippen LogP contribution < -0.4 is 9.47 Å². The summed E-state index contributed by atoms with van der Waals surface area (Å²) in [6.45, 7) is 5.59. The lowest BCUT2D eigenvalue weighted by atomic mass is 10.1. The fourth-order valence-corrected chi connectivity index (χ4v) is 3.29. The van der Waals surface area contributed by atoms with E-state index >= 15 is 0 Å². The summed E-state index contributed by atoms with van der Waals surface area (Å²) in [6.07, 6.45) is 1.49. The van der Waals surface area contributed by atoms with Crippen LogP contribution in [0.25, 0.3) is 10.2 Å². The van der Waals surface area contributed by atoms with Gasteiger partial charge in [0.1, 0.15) is 11.2 Å². The minimum atomic E-state index is -0.0245. The number of aromatic nitrogens is 2. The van der Waals surface area contributed by atoms with Crippen molar-refractivity contribution in [3.05, 3.63) is 40.5 Å². The second-order valence-electron chi connectivity index (χ2n) is 5.17. The van der Waals surface area contributed by atoms with Crippen molar-refractivity contribution in [2.24, 2.45) is 0 Å². The number of carbonyl (C=O) groups is 1. The first kappa shape index (κ1) is 15.4. The highest BCUT2D eigenvalue weighted by molar-refractivity contribution is 7.18. The number of fused-ring (bicyclic) bond motifs is 1. The molecule has 0 aliphatic heterocycles. The van der Waals surface area contributed by atoms with E-state index in [1.54, 1.807) is 36.6 Å². The summed E-state index contributed by atoms with van der Waals surface area (Å²) in [5.41, 5.74) is 1.68. The first-order valence-electron chi connectivity index (χ1n) is 7.08. The minimum absolute atomic E-state index is 0.0245. The molecule has 0 fully saturated rings. The molecule has 0 bridgehead atoms. The molecular formula is C17H16N2O3S. The number of thiophene rings is 1. The molecular weight excluding hydrogens is 312 g/mol. The maximum absolute atomic E-state index is 11.5. The van der Waals surface area contributed by atoms with Gasteiger partial charge in [0.15, 0.2) is 17.3 Å². The van der Waals surface area contributed by atoms with E-state index in [1.165, 1.54) is 18.1 Å². The van der Waals surface area contributed by atoms with Crippen molar-refractivity contribution in [2.75, 3.05) is 7.11 Å². The van der Waals surface area contributed by atoms with Crippen LogP contribution in [0, 0.1) is 13.8 Å². The van der Waals surface area contributed by atoms with Gasteiger partial charge in [-0.1, -0.05) is 0 Å². The van der Waals surface area contributed by atoms with Gasteiger partial charge in [-0.2, -0.15) is 0 Å². The standard InChI is InChI=1S/C17H16N2O3S/c1-9-11(3)23-17-15(9)16(18-8-19-17)22-13-6-5-12(10(2)20)7-14(13)21-4/h5-8H,1-4H3. The van der Waals surface area contributed by atoms with Crippen molar-refractivity contribution in [3.63, 3.8) is 0 Å². The van der Waals surface area contributed by atoms with Crippen LogP contribution in [0.5, 0.6) is 17.4 Å². The van der Waals surface area contributed by atoms with E-state index in [2.05, 4.69) is 9.97 Å². The van der Waals surface area contributed by atoms with Crippen LogP contribution in [0.1, 0.15) is 27.7 Å². The molecule has 5 nitrogen and oxygen atoms in total. The quantitative estimate of drug-likeness (QED) is 0.668. The number of nitrogens with zero attached hydrogens (tertiary/aromatic N) is 2. The number of ketones is 1. The van der Waals surface area contributed by atoms with Gasteiger partial charge in [-0.05, 0) is 44.5 Å². The zero-order valence-electron chi connectivity index (χ0n) is 13.3. The number of ether oxygens (including phenoxy) is 2. The molecule has 0 spiro atoms. The van der Waals surface area contributed by atoms with E-state index in [1.807, 2.05) is 13.8 Å². The third kappa shape index (κ3) is 2.77. The molecule has 23 heavy (non-hydrogen) atoms. The van der Waals surface area contributed by atoms with E-state index in [0.717, 1.165) is 15.8 Å². The van der Waals surface area contributed by atoms with E-state index in [-0.39, 0.29) is 5.78 Å². The van der Waals surface area contributed by atoms with Crippen LogP contribution in [-0.4, -0.2) is 22.9 Å². The maximum Gasteiger partial charge on any atom is 0.231 e. The summed E-state index contributed by atoms with van der Waals surface area (Å²) in [7, 11) is 1.54. The Hall–Kier alpha value is -2.47. The van der Waals surface area contributed by atoms with Gasteiger partial charge < -0.3 is 9.47 Å². The lowest BCUT2D eigenvalue weighted by molar-refractivity contribution is 0.101. The molecule has 2 aromatic heterocycles. The Bertz CT molecular complexity index is 902. The number of benzene rings is 1. The Morgan fingerprint density at radius 3 is 2.65 bits per heavy atom. The van der Waals surface area contributed by atoms with E-state index < -0.39 is 0 Å². The average molecular weight is 328 g/mol. The molecule has 0 unspecified atom stereocenters. The zero-order chi connectivity index (χ0) is 16.6. The van der Waals surface area contributed by atoms with E-state index in [9.17, 15) is 4.79 Å². The predicted molar refractivity (Wildman–Crippen MR) is 90.0 cm³/mol. The van der Waals surface area contributed by atoms with Crippen LogP contribution in [0.3, 0.4) is 0 Å². The smallest absolute Gasteiger partial charge is 0.231 e. The maximum atomic E-state index is 11.5. The number of methoxy groups -OCH3 is 1. The Morgan fingerprint density at radius 1 is 1.17 bits per heavy atom. The Morgan fingerprint density at radius 2 is 1.96 bits per heavy atom. The molecule has 0 aliphatic rings. The minimum Gasteiger partial charge on any atom is -0.493 e. The molecule has 2 heterocycles. The van der Waals surface area contributed by atoms with Crippen molar-refractivity contribution < 1.29 is 14.3 Å². The first-order valence-corrected chi connectivity index (χ1v) is 7.90. The van der Waals surface area contributed by atoms with Gasteiger partial charge in [0.05, 0.1) is 12.5 Å². The number of carbonyl (C=O) groups excluding carboxylic acids is 1. The highest BCUT2D eigenvalue weighted by atomic mass is 32.1. The van der Waals surface area contributed by atoms with E-state index in [0.29, 0.717) is 22.9 Å². The van der Waals surface area contributed by atoms with Gasteiger partial charge in [0.2, 0.25) is 5.88 Å². The zero-order valence-corrected chi connectivity index (χ0v) is 14.2. The molecule has 0 amide bonds. The highest BCUT2D eigenvalue weighted by Gasteiger charge is 2.16. The van der Waals surface area contributed by atoms with Crippen molar-refractivity contribution in [2.45, 2.75) is 20.8 Å². The topological polar surface area (TPSA) is 61.3 Å². The fourth-order valence-electron chi connectivity index (χ4n) is 2.30. The lowest BCUT2D eigenvalue weighted by Gasteiger charge is -2.11.